The molecule has 1 saturated heterocycles. The number of fused-ring (bicyclic) bond motifs is 1. The van der Waals surface area contributed by atoms with Crippen molar-refractivity contribution in [2.24, 2.45) is 0 Å². The highest BCUT2D eigenvalue weighted by Gasteiger charge is 2.17. The van der Waals surface area contributed by atoms with E-state index >= 15 is 0 Å². The predicted octanol–water partition coefficient (Wildman–Crippen LogP) is 3.76. The van der Waals surface area contributed by atoms with Gasteiger partial charge in [-0.05, 0) is 49.4 Å². The van der Waals surface area contributed by atoms with Crippen LogP contribution in [0, 0.1) is 0 Å². The zero-order chi connectivity index (χ0) is 20.4. The molecule has 2 aromatic carbocycles. The van der Waals surface area contributed by atoms with Gasteiger partial charge >= 0.3 is 0 Å². The third-order valence-corrected chi connectivity index (χ3v) is 5.37. The van der Waals surface area contributed by atoms with Crippen LogP contribution < -0.4 is 15.8 Å². The van der Waals surface area contributed by atoms with E-state index in [0.29, 0.717) is 36.0 Å². The fourth-order valence-electron chi connectivity index (χ4n) is 3.64. The van der Waals surface area contributed by atoms with E-state index in [2.05, 4.69) is 10.2 Å². The second kappa shape index (κ2) is 8.27. The Hall–Kier alpha value is -2.83. The Morgan fingerprint density at radius 1 is 1.10 bits per heavy atom. The number of hydrogen-bond donors (Lipinski definition) is 1. The van der Waals surface area contributed by atoms with E-state index in [0.717, 1.165) is 29.7 Å². The number of aryl methyl sites for hydroxylation is 1. The maximum atomic E-state index is 12.6. The van der Waals surface area contributed by atoms with Gasteiger partial charge in [0.05, 0.1) is 24.4 Å². The van der Waals surface area contributed by atoms with Crippen LogP contribution in [0.1, 0.15) is 17.3 Å². The summed E-state index contributed by atoms with van der Waals surface area (Å²) in [5, 5.41) is 4.46. The summed E-state index contributed by atoms with van der Waals surface area (Å²) in [6.45, 7) is 5.25. The first-order chi connectivity index (χ1) is 14.1. The van der Waals surface area contributed by atoms with Crippen molar-refractivity contribution in [1.29, 1.82) is 0 Å². The van der Waals surface area contributed by atoms with E-state index in [1.807, 2.05) is 25.1 Å². The summed E-state index contributed by atoms with van der Waals surface area (Å²) in [4.78, 5) is 27.4. The molecular formula is C22H22ClN3O3. The van der Waals surface area contributed by atoms with Gasteiger partial charge in [0.2, 0.25) is 0 Å². The van der Waals surface area contributed by atoms with Crippen molar-refractivity contribution in [3.63, 3.8) is 0 Å². The van der Waals surface area contributed by atoms with Gasteiger partial charge in [-0.3, -0.25) is 9.59 Å². The summed E-state index contributed by atoms with van der Waals surface area (Å²) in [6, 6.07) is 14.1. The normalized spacial score (nSPS) is 14.2. The van der Waals surface area contributed by atoms with Gasteiger partial charge in [0.1, 0.15) is 0 Å². The summed E-state index contributed by atoms with van der Waals surface area (Å²) in [6.07, 6.45) is 0. The molecule has 1 aliphatic rings. The minimum atomic E-state index is -0.210. The van der Waals surface area contributed by atoms with E-state index in [1.54, 1.807) is 34.9 Å². The number of ether oxygens (including phenoxy) is 1. The summed E-state index contributed by atoms with van der Waals surface area (Å²) >= 11 is 5.90. The molecule has 7 heteroatoms. The molecule has 1 aliphatic heterocycles. The number of rotatable bonds is 4. The molecule has 0 spiro atoms. The Balaban J connectivity index is 1.74. The SMILES string of the molecule is CCn1c(=O)cc(N2CCOCC2)c2cc(NC(=O)c3ccc(Cl)cc3)ccc21. The van der Waals surface area contributed by atoms with Crippen LogP contribution in [0.5, 0.6) is 0 Å². The first-order valence-corrected chi connectivity index (χ1v) is 10.0. The van der Waals surface area contributed by atoms with Crippen LogP contribution in [-0.2, 0) is 11.3 Å². The van der Waals surface area contributed by atoms with Gasteiger partial charge in [-0.25, -0.2) is 0 Å². The molecule has 0 bridgehead atoms. The second-order valence-electron chi connectivity index (χ2n) is 6.90. The van der Waals surface area contributed by atoms with Crippen molar-refractivity contribution in [3.05, 3.63) is 69.5 Å². The molecule has 1 amide bonds. The van der Waals surface area contributed by atoms with Gasteiger partial charge in [-0.2, -0.15) is 0 Å². The lowest BCUT2D eigenvalue weighted by atomic mass is 10.1. The fourth-order valence-corrected chi connectivity index (χ4v) is 3.77. The number of carbonyl (C=O) groups is 1. The van der Waals surface area contributed by atoms with E-state index in [-0.39, 0.29) is 11.5 Å². The Bertz CT molecular complexity index is 1100. The lowest BCUT2D eigenvalue weighted by molar-refractivity contribution is 0.102. The molecule has 0 radical (unpaired) electrons. The van der Waals surface area contributed by atoms with E-state index < -0.39 is 0 Å². The number of nitrogens with one attached hydrogen (secondary N) is 1. The molecule has 0 saturated carbocycles. The number of anilines is 2. The summed E-state index contributed by atoms with van der Waals surface area (Å²) < 4.78 is 7.19. The number of benzene rings is 2. The van der Waals surface area contributed by atoms with Crippen LogP contribution in [-0.4, -0.2) is 36.8 Å². The number of halogens is 1. The first-order valence-electron chi connectivity index (χ1n) is 9.64. The molecule has 6 nitrogen and oxygen atoms in total. The average Bonchev–Trinajstić information content (AvgIpc) is 2.74. The number of pyridine rings is 1. The van der Waals surface area contributed by atoms with Crippen LogP contribution in [0.3, 0.4) is 0 Å². The van der Waals surface area contributed by atoms with Crippen molar-refractivity contribution >= 4 is 39.8 Å². The monoisotopic (exact) mass is 411 g/mol. The standard InChI is InChI=1S/C22H22ClN3O3/c1-2-26-19-8-7-17(24-22(28)15-3-5-16(23)6-4-15)13-18(19)20(14-21(26)27)25-9-11-29-12-10-25/h3-8,13-14H,2,9-12H2,1H3,(H,24,28). The predicted molar refractivity (Wildman–Crippen MR) is 116 cm³/mol. The number of amides is 1. The molecule has 0 unspecified atom stereocenters. The van der Waals surface area contributed by atoms with Crippen LogP contribution >= 0.6 is 11.6 Å². The number of nitrogens with zero attached hydrogens (tertiary/aromatic N) is 2. The average molecular weight is 412 g/mol. The van der Waals surface area contributed by atoms with Crippen LogP contribution in [0.25, 0.3) is 10.9 Å². The van der Waals surface area contributed by atoms with Gasteiger partial charge in [0.25, 0.3) is 11.5 Å². The maximum Gasteiger partial charge on any atom is 0.255 e. The van der Waals surface area contributed by atoms with Crippen molar-refractivity contribution in [3.8, 4) is 0 Å². The van der Waals surface area contributed by atoms with Gasteiger partial charge in [-0.15, -0.1) is 0 Å². The van der Waals surface area contributed by atoms with E-state index in [1.165, 1.54) is 0 Å². The highest BCUT2D eigenvalue weighted by molar-refractivity contribution is 6.30. The van der Waals surface area contributed by atoms with E-state index in [4.69, 9.17) is 16.3 Å². The Kier molecular flexibility index (Phi) is 5.56. The summed E-state index contributed by atoms with van der Waals surface area (Å²) in [5.74, 6) is -0.210. The molecule has 1 fully saturated rings. The first kappa shape index (κ1) is 19.5. The van der Waals surface area contributed by atoms with Crippen molar-refractivity contribution < 1.29 is 9.53 Å². The fraction of sp³-hybridized carbons (Fsp3) is 0.273. The molecule has 1 N–H and O–H groups in total. The molecule has 1 aromatic heterocycles. The topological polar surface area (TPSA) is 63.6 Å². The Labute approximate surface area is 173 Å². The van der Waals surface area contributed by atoms with Crippen molar-refractivity contribution in [2.45, 2.75) is 13.5 Å². The highest BCUT2D eigenvalue weighted by Crippen LogP contribution is 2.29. The van der Waals surface area contributed by atoms with Crippen molar-refractivity contribution in [1.82, 2.24) is 4.57 Å². The summed E-state index contributed by atoms with van der Waals surface area (Å²) in [7, 11) is 0. The lowest BCUT2D eigenvalue weighted by Gasteiger charge is -2.30. The molecule has 0 aliphatic carbocycles. The highest BCUT2D eigenvalue weighted by atomic mass is 35.5. The molecule has 29 heavy (non-hydrogen) atoms. The largest absolute Gasteiger partial charge is 0.378 e. The summed E-state index contributed by atoms with van der Waals surface area (Å²) in [5.41, 5.74) is 2.90. The third kappa shape index (κ3) is 3.99. The number of aromatic nitrogens is 1. The molecule has 3 aromatic rings. The molecule has 2 heterocycles. The Morgan fingerprint density at radius 3 is 2.52 bits per heavy atom. The van der Waals surface area contributed by atoms with Crippen LogP contribution in [0.2, 0.25) is 5.02 Å². The van der Waals surface area contributed by atoms with Crippen molar-refractivity contribution in [2.75, 3.05) is 36.5 Å². The Morgan fingerprint density at radius 2 is 1.83 bits per heavy atom. The number of morpholine rings is 1. The van der Waals surface area contributed by atoms with Crippen LogP contribution in [0.4, 0.5) is 11.4 Å². The minimum absolute atomic E-state index is 0.0283. The lowest BCUT2D eigenvalue weighted by Crippen LogP contribution is -2.37. The molecule has 150 valence electrons. The third-order valence-electron chi connectivity index (χ3n) is 5.12. The van der Waals surface area contributed by atoms with Crippen LogP contribution in [0.15, 0.2) is 53.3 Å². The maximum absolute atomic E-state index is 12.6. The molecule has 0 atom stereocenters. The quantitative estimate of drug-likeness (QED) is 0.710. The smallest absolute Gasteiger partial charge is 0.255 e. The number of carbonyl (C=O) groups excluding carboxylic acids is 1. The zero-order valence-corrected chi connectivity index (χ0v) is 16.9. The zero-order valence-electron chi connectivity index (χ0n) is 16.2. The van der Waals surface area contributed by atoms with Gasteiger partial charge in [0.15, 0.2) is 0 Å². The number of hydrogen-bond acceptors (Lipinski definition) is 4. The van der Waals surface area contributed by atoms with E-state index in [9.17, 15) is 9.59 Å². The molecule has 4 rings (SSSR count). The minimum Gasteiger partial charge on any atom is -0.378 e. The van der Waals surface area contributed by atoms with Gasteiger partial charge < -0.3 is 19.5 Å². The van der Waals surface area contributed by atoms with Gasteiger partial charge in [-0.1, -0.05) is 11.6 Å². The van der Waals surface area contributed by atoms with Gasteiger partial charge in [0, 0.05) is 47.4 Å². The molecular weight excluding hydrogens is 390 g/mol. The second-order valence-corrected chi connectivity index (χ2v) is 7.34.